The van der Waals surface area contributed by atoms with Crippen molar-refractivity contribution in [3.8, 4) is 0 Å². The van der Waals surface area contributed by atoms with Gasteiger partial charge in [0.25, 0.3) is 0 Å². The van der Waals surface area contributed by atoms with E-state index in [1.54, 1.807) is 6.92 Å². The highest BCUT2D eigenvalue weighted by Crippen LogP contribution is 2.19. The summed E-state index contributed by atoms with van der Waals surface area (Å²) in [6.45, 7) is 5.83. The van der Waals surface area contributed by atoms with E-state index in [-0.39, 0.29) is 5.76 Å². The molecule has 4 heteroatoms. The maximum absolute atomic E-state index is 10.6. The molecule has 0 aliphatic heterocycles. The molecule has 4 nitrogen and oxygen atoms in total. The lowest BCUT2D eigenvalue weighted by Gasteiger charge is -2.04. The molecular formula is C9H10O4. The Kier molecular flexibility index (Phi) is 2.74. The van der Waals surface area contributed by atoms with Crippen LogP contribution in [0.5, 0.6) is 0 Å². The fraction of sp³-hybridized carbons (Fsp3) is 0.222. The van der Waals surface area contributed by atoms with E-state index in [1.807, 2.05) is 0 Å². The summed E-state index contributed by atoms with van der Waals surface area (Å²) in [5, 5.41) is 8.68. The van der Waals surface area contributed by atoms with Crippen LogP contribution in [0.25, 0.3) is 5.76 Å². The molecule has 0 saturated carbocycles. The molecule has 0 fully saturated rings. The van der Waals surface area contributed by atoms with Gasteiger partial charge in [0.05, 0.1) is 18.4 Å². The number of aromatic carboxylic acids is 1. The van der Waals surface area contributed by atoms with Crippen LogP contribution in [0.1, 0.15) is 23.0 Å². The lowest BCUT2D eigenvalue weighted by molar-refractivity contribution is 0.0661. The first-order valence-corrected chi connectivity index (χ1v) is 3.79. The van der Waals surface area contributed by atoms with Gasteiger partial charge in [-0.25, -0.2) is 4.79 Å². The van der Waals surface area contributed by atoms with Gasteiger partial charge in [-0.15, -0.1) is 0 Å². The summed E-state index contributed by atoms with van der Waals surface area (Å²) in [5.74, 6) is -0.951. The zero-order valence-corrected chi connectivity index (χ0v) is 7.24. The van der Waals surface area contributed by atoms with Crippen molar-refractivity contribution in [3.05, 3.63) is 30.2 Å². The van der Waals surface area contributed by atoms with Gasteiger partial charge in [-0.2, -0.15) is 0 Å². The molecule has 0 aromatic carbocycles. The Bertz CT molecular complexity index is 324. The Morgan fingerprint density at radius 3 is 3.00 bits per heavy atom. The minimum atomic E-state index is -1.12. The third-order valence-corrected chi connectivity index (χ3v) is 1.48. The van der Waals surface area contributed by atoms with E-state index in [2.05, 4.69) is 6.58 Å². The van der Waals surface area contributed by atoms with Crippen molar-refractivity contribution >= 4 is 11.7 Å². The quantitative estimate of drug-likeness (QED) is 0.723. The van der Waals surface area contributed by atoms with Crippen molar-refractivity contribution in [2.75, 3.05) is 6.61 Å². The summed E-state index contributed by atoms with van der Waals surface area (Å²) in [5.41, 5.74) is 0.384. The summed E-state index contributed by atoms with van der Waals surface area (Å²) < 4.78 is 9.81. The van der Waals surface area contributed by atoms with Gasteiger partial charge in [-0.05, 0) is 13.0 Å². The Hall–Kier alpha value is -1.71. The van der Waals surface area contributed by atoms with Crippen LogP contribution < -0.4 is 0 Å². The van der Waals surface area contributed by atoms with Gasteiger partial charge in [0, 0.05) is 0 Å². The number of hydrogen-bond donors (Lipinski definition) is 1. The predicted molar refractivity (Wildman–Crippen MR) is 46.3 cm³/mol. The number of furan rings is 1. The van der Waals surface area contributed by atoms with Crippen LogP contribution in [0.3, 0.4) is 0 Å². The molecular weight excluding hydrogens is 172 g/mol. The molecule has 1 N–H and O–H groups in total. The third-order valence-electron chi connectivity index (χ3n) is 1.48. The molecule has 0 amide bonds. The van der Waals surface area contributed by atoms with Crippen LogP contribution in [-0.2, 0) is 4.74 Å². The Morgan fingerprint density at radius 2 is 2.46 bits per heavy atom. The highest BCUT2D eigenvalue weighted by Gasteiger charge is 2.16. The van der Waals surface area contributed by atoms with Crippen LogP contribution in [-0.4, -0.2) is 17.7 Å². The largest absolute Gasteiger partial charge is 0.494 e. The second kappa shape index (κ2) is 3.80. The van der Waals surface area contributed by atoms with E-state index >= 15 is 0 Å². The molecule has 1 heterocycles. The van der Waals surface area contributed by atoms with Crippen LogP contribution in [0, 0.1) is 0 Å². The monoisotopic (exact) mass is 182 g/mol. The van der Waals surface area contributed by atoms with Crippen LogP contribution in [0.4, 0.5) is 0 Å². The zero-order chi connectivity index (χ0) is 9.84. The van der Waals surface area contributed by atoms with E-state index in [4.69, 9.17) is 14.3 Å². The molecule has 0 atom stereocenters. The molecule has 13 heavy (non-hydrogen) atoms. The molecule has 0 aliphatic rings. The third kappa shape index (κ3) is 1.90. The van der Waals surface area contributed by atoms with E-state index in [0.29, 0.717) is 17.9 Å². The van der Waals surface area contributed by atoms with Gasteiger partial charge in [0.2, 0.25) is 5.76 Å². The summed E-state index contributed by atoms with van der Waals surface area (Å²) in [6.07, 6.45) is 1.29. The molecule has 1 rings (SSSR count). The van der Waals surface area contributed by atoms with Gasteiger partial charge >= 0.3 is 5.97 Å². The van der Waals surface area contributed by atoms with Crippen LogP contribution >= 0.6 is 0 Å². The molecule has 0 unspecified atom stereocenters. The van der Waals surface area contributed by atoms with Crippen LogP contribution in [0.2, 0.25) is 0 Å². The molecule has 1 aromatic heterocycles. The Morgan fingerprint density at radius 1 is 1.77 bits per heavy atom. The lowest BCUT2D eigenvalue weighted by Crippen LogP contribution is -1.99. The fourth-order valence-electron chi connectivity index (χ4n) is 0.946. The van der Waals surface area contributed by atoms with Gasteiger partial charge in [-0.1, -0.05) is 6.58 Å². The summed E-state index contributed by atoms with van der Waals surface area (Å²) >= 11 is 0. The van der Waals surface area contributed by atoms with Gasteiger partial charge in [0.1, 0.15) is 5.76 Å². The average Bonchev–Trinajstić information content (AvgIpc) is 2.52. The molecule has 1 aromatic rings. The molecule has 0 aliphatic carbocycles. The molecule has 70 valence electrons. The van der Waals surface area contributed by atoms with Crippen molar-refractivity contribution in [1.29, 1.82) is 0 Å². The first-order chi connectivity index (χ1) is 6.16. The number of ether oxygens (including phenoxy) is 1. The normalized spacial score (nSPS) is 9.62. The first kappa shape index (κ1) is 9.38. The van der Waals surface area contributed by atoms with Crippen molar-refractivity contribution in [1.82, 2.24) is 0 Å². The zero-order valence-electron chi connectivity index (χ0n) is 7.24. The van der Waals surface area contributed by atoms with Crippen LogP contribution in [0.15, 0.2) is 23.3 Å². The maximum Gasteiger partial charge on any atom is 0.372 e. The molecule has 0 saturated heterocycles. The summed E-state index contributed by atoms with van der Waals surface area (Å²) in [4.78, 5) is 10.6. The number of carbonyl (C=O) groups is 1. The van der Waals surface area contributed by atoms with E-state index in [1.165, 1.54) is 12.3 Å². The van der Waals surface area contributed by atoms with Gasteiger partial charge in [0.15, 0.2) is 0 Å². The number of hydrogen-bond acceptors (Lipinski definition) is 3. The average molecular weight is 182 g/mol. The van der Waals surface area contributed by atoms with E-state index < -0.39 is 5.97 Å². The van der Waals surface area contributed by atoms with Crippen molar-refractivity contribution < 1.29 is 19.1 Å². The lowest BCUT2D eigenvalue weighted by atomic mass is 10.2. The van der Waals surface area contributed by atoms with Gasteiger partial charge < -0.3 is 14.3 Å². The number of carboxylic acid groups (broad SMARTS) is 1. The topological polar surface area (TPSA) is 59.7 Å². The second-order valence-corrected chi connectivity index (χ2v) is 2.32. The first-order valence-electron chi connectivity index (χ1n) is 3.79. The maximum atomic E-state index is 10.6. The molecule has 0 bridgehead atoms. The molecule has 0 radical (unpaired) electrons. The molecule has 0 spiro atoms. The minimum Gasteiger partial charge on any atom is -0.494 e. The summed E-state index contributed by atoms with van der Waals surface area (Å²) in [6, 6.07) is 1.52. The highest BCUT2D eigenvalue weighted by molar-refractivity contribution is 5.90. The highest BCUT2D eigenvalue weighted by atomic mass is 16.5. The Labute approximate surface area is 75.4 Å². The van der Waals surface area contributed by atoms with E-state index in [9.17, 15) is 4.79 Å². The SMILES string of the molecule is C=C(OCC)c1ccoc1C(=O)O. The fourth-order valence-corrected chi connectivity index (χ4v) is 0.946. The second-order valence-electron chi connectivity index (χ2n) is 2.32. The van der Waals surface area contributed by atoms with E-state index in [0.717, 1.165) is 0 Å². The standard InChI is InChI=1S/C9H10O4/c1-3-12-6(2)7-4-5-13-8(7)9(10)11/h4-5H,2-3H2,1H3,(H,10,11). The van der Waals surface area contributed by atoms with Crippen molar-refractivity contribution in [3.63, 3.8) is 0 Å². The van der Waals surface area contributed by atoms with Gasteiger partial charge in [-0.3, -0.25) is 0 Å². The van der Waals surface area contributed by atoms with Crippen molar-refractivity contribution in [2.24, 2.45) is 0 Å². The van der Waals surface area contributed by atoms with Crippen molar-refractivity contribution in [2.45, 2.75) is 6.92 Å². The Balaban J connectivity index is 2.93. The smallest absolute Gasteiger partial charge is 0.372 e. The minimum absolute atomic E-state index is 0.140. The number of rotatable bonds is 4. The number of carboxylic acids is 1. The predicted octanol–water partition coefficient (Wildman–Crippen LogP) is 1.99. The summed E-state index contributed by atoms with van der Waals surface area (Å²) in [7, 11) is 0.